The van der Waals surface area contributed by atoms with E-state index in [1.165, 1.54) is 19.1 Å². The number of benzene rings is 1. The molecule has 0 bridgehead atoms. The van der Waals surface area contributed by atoms with E-state index in [0.717, 1.165) is 22.0 Å². The largest absolute Gasteiger partial charge is 0.497 e. The molecule has 2 heterocycles. The maximum Gasteiger partial charge on any atom is 0.332 e. The Kier molecular flexibility index (Phi) is 5.99. The Morgan fingerprint density at radius 1 is 1.32 bits per heavy atom. The highest BCUT2D eigenvalue weighted by Crippen LogP contribution is 2.37. The Hall–Kier alpha value is -3.84. The zero-order valence-electron chi connectivity index (χ0n) is 17.3. The number of allylic oxidation sites excluding steroid dienone is 1. The van der Waals surface area contributed by atoms with Crippen LogP contribution in [-0.2, 0) is 14.3 Å². The van der Waals surface area contributed by atoms with Crippen LogP contribution in [0.15, 0.2) is 34.6 Å². The second-order valence-corrected chi connectivity index (χ2v) is 7.84. The number of esters is 1. The van der Waals surface area contributed by atoms with Gasteiger partial charge in [-0.15, -0.1) is 11.3 Å². The molecule has 2 N–H and O–H groups in total. The maximum atomic E-state index is 13.2. The summed E-state index contributed by atoms with van der Waals surface area (Å²) in [6.07, 6.45) is 1.04. The van der Waals surface area contributed by atoms with Gasteiger partial charge in [-0.25, -0.2) is 4.79 Å². The number of thiazole rings is 1. The minimum atomic E-state index is -0.820. The molecule has 0 saturated heterocycles. The summed E-state index contributed by atoms with van der Waals surface area (Å²) in [4.78, 5) is 39.3. The summed E-state index contributed by atoms with van der Waals surface area (Å²) in [5.74, 6) is -1.49. The lowest BCUT2D eigenvalue weighted by molar-refractivity contribution is -0.133. The number of fused-ring (bicyclic) bond motifs is 1. The van der Waals surface area contributed by atoms with Crippen molar-refractivity contribution in [3.63, 3.8) is 0 Å². The van der Waals surface area contributed by atoms with Gasteiger partial charge < -0.3 is 20.1 Å². The Morgan fingerprint density at radius 3 is 2.61 bits per heavy atom. The van der Waals surface area contributed by atoms with E-state index in [9.17, 15) is 19.6 Å². The first-order valence-corrected chi connectivity index (χ1v) is 9.88. The van der Waals surface area contributed by atoms with Gasteiger partial charge in [0, 0.05) is 20.2 Å². The first kappa shape index (κ1) is 21.9. The molecule has 10 heteroatoms. The summed E-state index contributed by atoms with van der Waals surface area (Å²) in [5.41, 5.74) is 6.50. The van der Waals surface area contributed by atoms with Gasteiger partial charge in [-0.1, -0.05) is 12.1 Å². The number of nitriles is 1. The summed E-state index contributed by atoms with van der Waals surface area (Å²) in [6, 6.07) is 9.00. The van der Waals surface area contributed by atoms with E-state index in [1.54, 1.807) is 38.4 Å². The van der Waals surface area contributed by atoms with Crippen molar-refractivity contribution in [2.24, 2.45) is 5.73 Å². The summed E-state index contributed by atoms with van der Waals surface area (Å²) in [7, 11) is 5.85. The number of hydrogen-bond donors (Lipinski definition) is 1. The average molecular weight is 440 g/mol. The first-order chi connectivity index (χ1) is 14.7. The Bertz CT molecular complexity index is 1330. The predicted molar refractivity (Wildman–Crippen MR) is 115 cm³/mol. The minimum Gasteiger partial charge on any atom is -0.497 e. The highest BCUT2D eigenvalue weighted by molar-refractivity contribution is 7.07. The molecule has 3 rings (SSSR count). The van der Waals surface area contributed by atoms with Crippen molar-refractivity contribution in [3.05, 3.63) is 55.0 Å². The average Bonchev–Trinajstić information content (AvgIpc) is 3.08. The van der Waals surface area contributed by atoms with Gasteiger partial charge in [-0.05, 0) is 17.7 Å². The second-order valence-electron chi connectivity index (χ2n) is 6.81. The standard InChI is InChI=1S/C21H20N4O5S/c1-24(2)20(28)17-16(11-6-5-7-12(8-11)29-3)13(10-22)18(23)25-19(27)14(31-21(17)25)9-15(26)30-4/h5-9,16H,23H2,1-4H3/b14-9-/t16-/m1/s1. The molecule has 1 atom stereocenters. The molecule has 2 aromatic rings. The summed E-state index contributed by atoms with van der Waals surface area (Å²) < 4.78 is 11.3. The molecule has 0 fully saturated rings. The minimum absolute atomic E-state index is 0.0393. The molecule has 0 spiro atoms. The van der Waals surface area contributed by atoms with Crippen molar-refractivity contribution < 1.29 is 19.1 Å². The van der Waals surface area contributed by atoms with Crippen LogP contribution in [0.3, 0.4) is 0 Å². The molecule has 0 radical (unpaired) electrons. The number of nitrogens with two attached hydrogens (primary N) is 1. The number of carbonyl (C=O) groups is 2. The fraction of sp³-hybridized carbons (Fsp3) is 0.238. The molecular formula is C21H20N4O5S. The number of carbonyl (C=O) groups excluding carboxylic acids is 2. The lowest BCUT2D eigenvalue weighted by Crippen LogP contribution is -2.41. The fourth-order valence-corrected chi connectivity index (χ4v) is 4.45. The number of nitrogens with zero attached hydrogens (tertiary/aromatic N) is 3. The molecule has 1 aromatic heterocycles. The second kappa shape index (κ2) is 8.49. The SMILES string of the molecule is COC(=O)/C=c1\sc2n(c1=O)C(N)=C(C#N)[C@@H](c1cccc(OC)c1)C=2C(=O)N(C)C. The van der Waals surface area contributed by atoms with E-state index in [0.29, 0.717) is 11.3 Å². The fourth-order valence-electron chi connectivity index (χ4n) is 3.32. The van der Waals surface area contributed by atoms with Gasteiger partial charge in [0.05, 0.1) is 37.4 Å². The quantitative estimate of drug-likeness (QED) is 0.639. The van der Waals surface area contributed by atoms with E-state index in [-0.39, 0.29) is 26.2 Å². The van der Waals surface area contributed by atoms with Gasteiger partial charge in [0.1, 0.15) is 20.8 Å². The molecule has 1 aromatic carbocycles. The van der Waals surface area contributed by atoms with Crippen LogP contribution in [0.4, 0.5) is 0 Å². The molecule has 0 aliphatic carbocycles. The third-order valence-corrected chi connectivity index (χ3v) is 5.89. The van der Waals surface area contributed by atoms with E-state index < -0.39 is 23.4 Å². The molecule has 31 heavy (non-hydrogen) atoms. The van der Waals surface area contributed by atoms with Gasteiger partial charge in [0.15, 0.2) is 0 Å². The van der Waals surface area contributed by atoms with Crippen molar-refractivity contribution in [2.45, 2.75) is 5.92 Å². The van der Waals surface area contributed by atoms with Crippen LogP contribution in [0.25, 0.3) is 17.5 Å². The summed E-state index contributed by atoms with van der Waals surface area (Å²) >= 11 is 0.939. The topological polar surface area (TPSA) is 128 Å². The van der Waals surface area contributed by atoms with Crippen LogP contribution in [0.5, 0.6) is 5.75 Å². The molecule has 160 valence electrons. The van der Waals surface area contributed by atoms with Gasteiger partial charge >= 0.3 is 5.97 Å². The third kappa shape index (κ3) is 3.71. The number of hydrogen-bond acceptors (Lipinski definition) is 8. The zero-order valence-corrected chi connectivity index (χ0v) is 18.1. The number of aromatic nitrogens is 1. The molecule has 0 saturated carbocycles. The van der Waals surface area contributed by atoms with E-state index >= 15 is 0 Å². The van der Waals surface area contributed by atoms with Crippen molar-refractivity contribution in [1.29, 1.82) is 5.26 Å². The summed E-state index contributed by atoms with van der Waals surface area (Å²) in [5, 5.41) is 9.91. The van der Waals surface area contributed by atoms with Gasteiger partial charge in [-0.2, -0.15) is 5.26 Å². The van der Waals surface area contributed by atoms with Crippen LogP contribution in [0, 0.1) is 11.3 Å². The molecule has 9 nitrogen and oxygen atoms in total. The van der Waals surface area contributed by atoms with E-state index in [1.807, 2.05) is 0 Å². The Balaban J connectivity index is 2.50. The maximum absolute atomic E-state index is 13.2. The highest BCUT2D eigenvalue weighted by Gasteiger charge is 2.36. The van der Waals surface area contributed by atoms with Crippen LogP contribution >= 0.6 is 11.3 Å². The van der Waals surface area contributed by atoms with Crippen LogP contribution in [0.2, 0.25) is 0 Å². The lowest BCUT2D eigenvalue weighted by atomic mass is 9.83. The third-order valence-electron chi connectivity index (χ3n) is 4.78. The molecule has 1 aliphatic heterocycles. The Morgan fingerprint density at radius 2 is 2.03 bits per heavy atom. The van der Waals surface area contributed by atoms with E-state index in [2.05, 4.69) is 10.8 Å². The van der Waals surface area contributed by atoms with Gasteiger partial charge in [-0.3, -0.25) is 14.2 Å². The number of methoxy groups -OCH3 is 2. The lowest BCUT2D eigenvalue weighted by Gasteiger charge is -2.27. The number of rotatable bonds is 4. The predicted octanol–water partition coefficient (Wildman–Crippen LogP) is -0.441. The molecular weight excluding hydrogens is 420 g/mol. The highest BCUT2D eigenvalue weighted by atomic mass is 32.1. The van der Waals surface area contributed by atoms with Crippen molar-refractivity contribution in [2.75, 3.05) is 28.3 Å². The molecule has 0 unspecified atom stereocenters. The van der Waals surface area contributed by atoms with Crippen LogP contribution < -0.4 is 25.2 Å². The first-order valence-electron chi connectivity index (χ1n) is 9.06. The van der Waals surface area contributed by atoms with Gasteiger partial charge in [0.25, 0.3) is 11.5 Å². The smallest absolute Gasteiger partial charge is 0.332 e. The number of ether oxygens (including phenoxy) is 2. The van der Waals surface area contributed by atoms with Crippen LogP contribution in [-0.4, -0.2) is 49.7 Å². The zero-order chi connectivity index (χ0) is 22.9. The Labute approximate surface area is 181 Å². The molecule has 1 aliphatic rings. The summed E-state index contributed by atoms with van der Waals surface area (Å²) in [6.45, 7) is 0. The number of amides is 1. The monoisotopic (exact) mass is 440 g/mol. The van der Waals surface area contributed by atoms with Crippen molar-refractivity contribution >= 4 is 40.7 Å². The van der Waals surface area contributed by atoms with Gasteiger partial charge in [0.2, 0.25) is 0 Å². The molecule has 1 amide bonds. The van der Waals surface area contributed by atoms with E-state index in [4.69, 9.17) is 10.5 Å². The van der Waals surface area contributed by atoms with Crippen LogP contribution in [0.1, 0.15) is 11.5 Å². The van der Waals surface area contributed by atoms with Crippen molar-refractivity contribution in [1.82, 2.24) is 9.47 Å². The normalized spacial score (nSPS) is 15.9. The van der Waals surface area contributed by atoms with Crippen molar-refractivity contribution in [3.8, 4) is 11.8 Å².